The van der Waals surface area contributed by atoms with Gasteiger partial charge in [-0.15, -0.1) is 5.10 Å². The van der Waals surface area contributed by atoms with E-state index in [-0.39, 0.29) is 0 Å². The van der Waals surface area contributed by atoms with Crippen LogP contribution >= 0.6 is 11.8 Å². The first kappa shape index (κ1) is 14.1. The average Bonchev–Trinajstić information content (AvgIpc) is 2.87. The van der Waals surface area contributed by atoms with Gasteiger partial charge in [0.15, 0.2) is 5.82 Å². The van der Waals surface area contributed by atoms with Crippen LogP contribution in [0.3, 0.4) is 0 Å². The third kappa shape index (κ3) is 3.58. The third-order valence-electron chi connectivity index (χ3n) is 2.41. The maximum atomic E-state index is 11.5. The second kappa shape index (κ2) is 6.20. The summed E-state index contributed by atoms with van der Waals surface area (Å²) in [6.07, 6.45) is 0. The molecule has 0 spiro atoms. The number of urea groups is 1. The molecule has 20 heavy (non-hydrogen) atoms. The summed E-state index contributed by atoms with van der Waals surface area (Å²) in [5.74, 6) is 0.143. The van der Waals surface area contributed by atoms with Gasteiger partial charge in [-0.05, 0) is 6.92 Å². The molecule has 1 atom stereocenters. The highest BCUT2D eigenvalue weighted by Gasteiger charge is 2.18. The molecule has 0 saturated heterocycles. The Hall–Kier alpha value is -2.35. The summed E-state index contributed by atoms with van der Waals surface area (Å²) in [5.41, 5.74) is 5.79. The van der Waals surface area contributed by atoms with E-state index in [2.05, 4.69) is 15.2 Å². The molecule has 0 aliphatic heterocycles. The largest absolute Gasteiger partial charge is 0.351 e. The fourth-order valence-electron chi connectivity index (χ4n) is 1.46. The SMILES string of the molecule is C[C@@H](Sc1n[nH]c(-c2ccccc2)n1)C(=O)NC(N)=O. The van der Waals surface area contributed by atoms with Crippen molar-refractivity contribution in [1.29, 1.82) is 0 Å². The first-order valence-electron chi connectivity index (χ1n) is 5.81. The summed E-state index contributed by atoms with van der Waals surface area (Å²) < 4.78 is 0. The van der Waals surface area contributed by atoms with E-state index in [0.717, 1.165) is 17.3 Å². The lowest BCUT2D eigenvalue weighted by atomic mass is 10.2. The second-order valence-corrected chi connectivity index (χ2v) is 5.25. The molecule has 0 aliphatic rings. The van der Waals surface area contributed by atoms with Gasteiger partial charge >= 0.3 is 6.03 Å². The van der Waals surface area contributed by atoms with Crippen molar-refractivity contribution >= 4 is 23.7 Å². The molecule has 1 heterocycles. The molecule has 0 unspecified atom stereocenters. The molecule has 2 aromatic rings. The number of imide groups is 1. The number of hydrogen-bond donors (Lipinski definition) is 3. The summed E-state index contributed by atoms with van der Waals surface area (Å²) in [4.78, 5) is 26.4. The van der Waals surface area contributed by atoms with E-state index >= 15 is 0 Å². The van der Waals surface area contributed by atoms with Crippen molar-refractivity contribution in [2.24, 2.45) is 5.73 Å². The van der Waals surface area contributed by atoms with Crippen LogP contribution in [-0.4, -0.2) is 32.4 Å². The molecule has 4 N–H and O–H groups in total. The van der Waals surface area contributed by atoms with Gasteiger partial charge in [-0.2, -0.15) is 0 Å². The Morgan fingerprint density at radius 1 is 1.35 bits per heavy atom. The van der Waals surface area contributed by atoms with E-state index in [4.69, 9.17) is 5.73 Å². The van der Waals surface area contributed by atoms with Crippen molar-refractivity contribution < 1.29 is 9.59 Å². The predicted octanol–water partition coefficient (Wildman–Crippen LogP) is 1.15. The zero-order valence-electron chi connectivity index (χ0n) is 10.7. The number of nitrogens with zero attached hydrogens (tertiary/aromatic N) is 2. The summed E-state index contributed by atoms with van der Waals surface area (Å²) in [6.45, 7) is 1.64. The summed E-state index contributed by atoms with van der Waals surface area (Å²) >= 11 is 1.14. The molecule has 0 bridgehead atoms. The molecular formula is C12H13N5O2S. The monoisotopic (exact) mass is 291 g/mol. The Labute approximate surface area is 119 Å². The molecule has 0 radical (unpaired) electrons. The normalized spacial score (nSPS) is 11.8. The Balaban J connectivity index is 2.03. The predicted molar refractivity (Wildman–Crippen MR) is 74.9 cm³/mol. The highest BCUT2D eigenvalue weighted by molar-refractivity contribution is 8.00. The van der Waals surface area contributed by atoms with Crippen molar-refractivity contribution in [3.05, 3.63) is 30.3 Å². The van der Waals surface area contributed by atoms with Crippen LogP contribution in [-0.2, 0) is 4.79 Å². The fourth-order valence-corrected chi connectivity index (χ4v) is 2.18. The zero-order chi connectivity index (χ0) is 14.5. The molecule has 1 aromatic carbocycles. The number of rotatable bonds is 4. The number of carbonyl (C=O) groups excluding carboxylic acids is 2. The Morgan fingerprint density at radius 3 is 2.70 bits per heavy atom. The van der Waals surface area contributed by atoms with Crippen LogP contribution in [0.1, 0.15) is 6.92 Å². The standard InChI is InChI=1S/C12H13N5O2S/c1-7(10(18)15-11(13)19)20-12-14-9(16-17-12)8-5-3-2-4-6-8/h2-7H,1H3,(H,14,16,17)(H3,13,15,18,19)/t7-/m1/s1. The number of thioether (sulfide) groups is 1. The highest BCUT2D eigenvalue weighted by atomic mass is 32.2. The maximum Gasteiger partial charge on any atom is 0.318 e. The first-order chi connectivity index (χ1) is 9.56. The average molecular weight is 291 g/mol. The highest BCUT2D eigenvalue weighted by Crippen LogP contribution is 2.22. The number of benzene rings is 1. The second-order valence-electron chi connectivity index (χ2n) is 3.95. The Bertz CT molecular complexity index is 613. The van der Waals surface area contributed by atoms with E-state index < -0.39 is 17.2 Å². The molecular weight excluding hydrogens is 278 g/mol. The lowest BCUT2D eigenvalue weighted by Crippen LogP contribution is -2.39. The molecule has 3 amide bonds. The minimum absolute atomic E-state index is 0.427. The van der Waals surface area contributed by atoms with E-state index in [0.29, 0.717) is 11.0 Å². The number of H-pyrrole nitrogens is 1. The van der Waals surface area contributed by atoms with Gasteiger partial charge in [-0.1, -0.05) is 42.1 Å². The third-order valence-corrected chi connectivity index (χ3v) is 3.37. The van der Waals surface area contributed by atoms with E-state index in [1.807, 2.05) is 35.6 Å². The molecule has 7 nitrogen and oxygen atoms in total. The van der Waals surface area contributed by atoms with Crippen LogP contribution in [0.4, 0.5) is 4.79 Å². The van der Waals surface area contributed by atoms with Crippen molar-refractivity contribution in [3.8, 4) is 11.4 Å². The molecule has 0 fully saturated rings. The number of aromatic amines is 1. The van der Waals surface area contributed by atoms with Gasteiger partial charge in [-0.25, -0.2) is 9.78 Å². The molecule has 1 aromatic heterocycles. The number of hydrogen-bond acceptors (Lipinski definition) is 5. The van der Waals surface area contributed by atoms with Crippen LogP contribution in [0.15, 0.2) is 35.5 Å². The van der Waals surface area contributed by atoms with Crippen molar-refractivity contribution in [2.45, 2.75) is 17.3 Å². The van der Waals surface area contributed by atoms with Gasteiger partial charge in [0, 0.05) is 5.56 Å². The Morgan fingerprint density at radius 2 is 2.05 bits per heavy atom. The lowest BCUT2D eigenvalue weighted by Gasteiger charge is -2.06. The van der Waals surface area contributed by atoms with E-state index in [1.54, 1.807) is 6.92 Å². The number of amides is 3. The van der Waals surface area contributed by atoms with Gasteiger partial charge in [0.2, 0.25) is 11.1 Å². The van der Waals surface area contributed by atoms with Crippen molar-refractivity contribution in [2.75, 3.05) is 0 Å². The number of nitrogens with two attached hydrogens (primary N) is 1. The summed E-state index contributed by atoms with van der Waals surface area (Å²) in [5, 5.41) is 8.74. The van der Waals surface area contributed by atoms with Gasteiger partial charge in [0.25, 0.3) is 0 Å². The number of nitrogens with one attached hydrogen (secondary N) is 2. The molecule has 2 rings (SSSR count). The van der Waals surface area contributed by atoms with Crippen molar-refractivity contribution in [3.63, 3.8) is 0 Å². The van der Waals surface area contributed by atoms with Crippen LogP contribution < -0.4 is 11.1 Å². The van der Waals surface area contributed by atoms with Crippen LogP contribution in [0.2, 0.25) is 0 Å². The first-order valence-corrected chi connectivity index (χ1v) is 6.69. The molecule has 8 heteroatoms. The lowest BCUT2D eigenvalue weighted by molar-refractivity contribution is -0.119. The smallest absolute Gasteiger partial charge is 0.318 e. The van der Waals surface area contributed by atoms with Crippen LogP contribution in [0, 0.1) is 0 Å². The number of primary amides is 1. The topological polar surface area (TPSA) is 114 Å². The van der Waals surface area contributed by atoms with Gasteiger partial charge in [0.1, 0.15) is 0 Å². The van der Waals surface area contributed by atoms with Gasteiger partial charge < -0.3 is 5.73 Å². The summed E-state index contributed by atoms with van der Waals surface area (Å²) in [6, 6.07) is 8.63. The quantitative estimate of drug-likeness (QED) is 0.731. The van der Waals surface area contributed by atoms with Crippen LogP contribution in [0.5, 0.6) is 0 Å². The van der Waals surface area contributed by atoms with Crippen molar-refractivity contribution in [1.82, 2.24) is 20.5 Å². The fraction of sp³-hybridized carbons (Fsp3) is 0.167. The molecule has 104 valence electrons. The number of aromatic nitrogens is 3. The van der Waals surface area contributed by atoms with E-state index in [9.17, 15) is 9.59 Å². The minimum atomic E-state index is -0.873. The number of carbonyl (C=O) groups is 2. The summed E-state index contributed by atoms with van der Waals surface area (Å²) in [7, 11) is 0. The van der Waals surface area contributed by atoms with Gasteiger partial charge in [0.05, 0.1) is 5.25 Å². The van der Waals surface area contributed by atoms with Crippen LogP contribution in [0.25, 0.3) is 11.4 Å². The maximum absolute atomic E-state index is 11.5. The Kier molecular flexibility index (Phi) is 4.36. The molecule has 0 saturated carbocycles. The van der Waals surface area contributed by atoms with E-state index in [1.165, 1.54) is 0 Å². The molecule has 0 aliphatic carbocycles. The van der Waals surface area contributed by atoms with Gasteiger partial charge in [-0.3, -0.25) is 15.2 Å². The minimum Gasteiger partial charge on any atom is -0.351 e. The zero-order valence-corrected chi connectivity index (χ0v) is 11.5.